The minimum atomic E-state index is -4.30. The molecule has 2 atom stereocenters. The summed E-state index contributed by atoms with van der Waals surface area (Å²) in [5.74, 6) is 0.611. The first kappa shape index (κ1) is 19.4. The third-order valence-corrected chi connectivity index (χ3v) is 6.68. The van der Waals surface area contributed by atoms with Crippen LogP contribution in [0.1, 0.15) is 47.1 Å². The van der Waals surface area contributed by atoms with Gasteiger partial charge in [-0.25, -0.2) is 0 Å². The average Bonchev–Trinajstić information content (AvgIpc) is 3.05. The number of nitrogens with zero attached hydrogens (tertiary/aromatic N) is 1. The summed E-state index contributed by atoms with van der Waals surface area (Å²) in [6.45, 7) is 2.14. The fourth-order valence-electron chi connectivity index (χ4n) is 5.07. The molecule has 30 heavy (non-hydrogen) atoms. The van der Waals surface area contributed by atoms with E-state index in [4.69, 9.17) is 0 Å². The van der Waals surface area contributed by atoms with Gasteiger partial charge in [0.1, 0.15) is 0 Å². The number of rotatable bonds is 4. The van der Waals surface area contributed by atoms with Crippen LogP contribution in [0, 0.1) is 0 Å². The van der Waals surface area contributed by atoms with E-state index in [2.05, 4.69) is 47.4 Å². The number of benzene rings is 3. The molecular weight excluding hydrogens is 383 g/mol. The summed E-state index contributed by atoms with van der Waals surface area (Å²) in [6, 6.07) is 23.0. The first-order valence-electron chi connectivity index (χ1n) is 10.6. The maximum atomic E-state index is 12.9. The van der Waals surface area contributed by atoms with E-state index in [1.165, 1.54) is 35.2 Å². The molecule has 2 aliphatic rings. The van der Waals surface area contributed by atoms with Crippen molar-refractivity contribution < 1.29 is 13.2 Å². The van der Waals surface area contributed by atoms with Crippen LogP contribution in [0.25, 0.3) is 11.1 Å². The second-order valence-electron chi connectivity index (χ2n) is 8.43. The lowest BCUT2D eigenvalue weighted by molar-refractivity contribution is -0.137. The minimum absolute atomic E-state index is 0.414. The largest absolute Gasteiger partial charge is 0.416 e. The number of hydrogen-bond donors (Lipinski definition) is 0. The minimum Gasteiger partial charge on any atom is -0.296 e. The van der Waals surface area contributed by atoms with Crippen LogP contribution < -0.4 is 0 Å². The van der Waals surface area contributed by atoms with Gasteiger partial charge in [-0.2, -0.15) is 13.2 Å². The van der Waals surface area contributed by atoms with Crippen LogP contribution in [-0.4, -0.2) is 18.0 Å². The summed E-state index contributed by atoms with van der Waals surface area (Å²) in [5.41, 5.74) is 5.38. The Balaban J connectivity index is 1.39. The van der Waals surface area contributed by atoms with E-state index in [0.717, 1.165) is 37.1 Å². The van der Waals surface area contributed by atoms with E-state index >= 15 is 0 Å². The number of alkyl halides is 3. The quantitative estimate of drug-likeness (QED) is 0.457. The molecule has 0 amide bonds. The molecule has 3 aromatic carbocycles. The predicted octanol–water partition coefficient (Wildman–Crippen LogP) is 6.85. The van der Waals surface area contributed by atoms with Gasteiger partial charge in [0.2, 0.25) is 0 Å². The molecule has 1 saturated heterocycles. The van der Waals surface area contributed by atoms with Crippen LogP contribution in [-0.2, 0) is 12.6 Å². The van der Waals surface area contributed by atoms with Gasteiger partial charge in [0.15, 0.2) is 0 Å². The van der Waals surface area contributed by atoms with Crippen molar-refractivity contribution in [3.05, 3.63) is 95.1 Å². The topological polar surface area (TPSA) is 3.24 Å². The summed E-state index contributed by atoms with van der Waals surface area (Å²) in [4.78, 5) is 2.59. The van der Waals surface area contributed by atoms with Crippen LogP contribution in [0.5, 0.6) is 0 Å². The number of hydrogen-bond acceptors (Lipinski definition) is 1. The normalized spacial score (nSPS) is 20.9. The van der Waals surface area contributed by atoms with Gasteiger partial charge < -0.3 is 0 Å². The average molecular weight is 407 g/mol. The van der Waals surface area contributed by atoms with Crippen molar-refractivity contribution in [3.8, 4) is 11.1 Å². The van der Waals surface area contributed by atoms with Crippen molar-refractivity contribution in [2.75, 3.05) is 13.1 Å². The standard InChI is InChI=1S/C26H24F3N/c27-26(28,29)22-9-6-19(7-10-22)20-8-11-23-21-13-15-30(25(17-21)24(23)16-20)14-12-18-4-2-1-3-5-18/h1-11,16,21,25H,12-15,17H2/t21-,25-/m1/s1. The smallest absolute Gasteiger partial charge is 0.296 e. The van der Waals surface area contributed by atoms with Gasteiger partial charge in [-0.15, -0.1) is 0 Å². The third kappa shape index (κ3) is 3.65. The Hall–Kier alpha value is -2.59. The molecule has 154 valence electrons. The van der Waals surface area contributed by atoms with Crippen LogP contribution in [0.4, 0.5) is 13.2 Å². The SMILES string of the molecule is FC(F)(F)c1ccc(-c2ccc3c(c2)[C@H]2C[C@H]3CCN2CCc2ccccc2)cc1. The Bertz CT molecular complexity index is 1020. The molecule has 0 spiro atoms. The zero-order valence-electron chi connectivity index (χ0n) is 16.7. The lowest BCUT2D eigenvalue weighted by atomic mass is 9.94. The van der Waals surface area contributed by atoms with Crippen LogP contribution in [0.2, 0.25) is 0 Å². The van der Waals surface area contributed by atoms with Gasteiger partial charge in [0, 0.05) is 12.6 Å². The molecule has 1 aliphatic carbocycles. The van der Waals surface area contributed by atoms with E-state index in [-0.39, 0.29) is 0 Å². The fraction of sp³-hybridized carbons (Fsp3) is 0.308. The second-order valence-corrected chi connectivity index (χ2v) is 8.43. The lowest BCUT2D eigenvalue weighted by Gasteiger charge is -2.33. The maximum absolute atomic E-state index is 12.9. The second kappa shape index (κ2) is 7.59. The molecule has 4 heteroatoms. The molecule has 1 fully saturated rings. The molecule has 1 heterocycles. The van der Waals surface area contributed by atoms with Crippen molar-refractivity contribution in [3.63, 3.8) is 0 Å². The predicted molar refractivity (Wildman–Crippen MR) is 113 cm³/mol. The molecule has 5 rings (SSSR count). The molecule has 1 aliphatic heterocycles. The summed E-state index contributed by atoms with van der Waals surface area (Å²) in [7, 11) is 0. The first-order valence-corrected chi connectivity index (χ1v) is 10.6. The van der Waals surface area contributed by atoms with Crippen LogP contribution >= 0.6 is 0 Å². The molecule has 3 aromatic rings. The first-order chi connectivity index (χ1) is 14.5. The van der Waals surface area contributed by atoms with Gasteiger partial charge in [-0.3, -0.25) is 4.90 Å². The van der Waals surface area contributed by atoms with Gasteiger partial charge in [-0.05, 0) is 77.7 Å². The molecule has 0 radical (unpaired) electrons. The van der Waals surface area contributed by atoms with Crippen molar-refractivity contribution in [1.82, 2.24) is 4.90 Å². The lowest BCUT2D eigenvalue weighted by Crippen LogP contribution is -2.33. The van der Waals surface area contributed by atoms with Gasteiger partial charge in [-0.1, -0.05) is 54.6 Å². The Kier molecular flexibility index (Phi) is 4.90. The van der Waals surface area contributed by atoms with E-state index < -0.39 is 11.7 Å². The van der Waals surface area contributed by atoms with Gasteiger partial charge in [0.05, 0.1) is 5.56 Å². The maximum Gasteiger partial charge on any atom is 0.416 e. The highest BCUT2D eigenvalue weighted by molar-refractivity contribution is 5.66. The molecule has 1 nitrogen and oxygen atoms in total. The highest BCUT2D eigenvalue weighted by Crippen LogP contribution is 2.49. The highest BCUT2D eigenvalue weighted by Gasteiger charge is 2.38. The van der Waals surface area contributed by atoms with Crippen molar-refractivity contribution in [1.29, 1.82) is 0 Å². The van der Waals surface area contributed by atoms with Crippen LogP contribution in [0.3, 0.4) is 0 Å². The summed E-state index contributed by atoms with van der Waals surface area (Å²) in [6.07, 6.45) is -0.929. The summed E-state index contributed by atoms with van der Waals surface area (Å²) >= 11 is 0. The molecular formula is C26H24F3N. The summed E-state index contributed by atoms with van der Waals surface area (Å²) < 4.78 is 38.6. The summed E-state index contributed by atoms with van der Waals surface area (Å²) in [5, 5.41) is 0. The number of piperidine rings is 1. The Labute approximate surface area is 175 Å². The van der Waals surface area contributed by atoms with E-state index in [1.54, 1.807) is 12.1 Å². The van der Waals surface area contributed by atoms with Crippen molar-refractivity contribution >= 4 is 0 Å². The van der Waals surface area contributed by atoms with E-state index in [0.29, 0.717) is 12.0 Å². The molecule has 0 saturated carbocycles. The Morgan fingerprint density at radius 2 is 1.57 bits per heavy atom. The third-order valence-electron chi connectivity index (χ3n) is 6.68. The monoisotopic (exact) mass is 407 g/mol. The zero-order valence-corrected chi connectivity index (χ0v) is 16.7. The zero-order chi connectivity index (χ0) is 20.7. The molecule has 2 bridgehead atoms. The number of fused-ring (bicyclic) bond motifs is 5. The number of likely N-dealkylation sites (tertiary alicyclic amines) is 1. The van der Waals surface area contributed by atoms with Gasteiger partial charge >= 0.3 is 6.18 Å². The van der Waals surface area contributed by atoms with Crippen molar-refractivity contribution in [2.45, 2.75) is 37.4 Å². The molecule has 0 N–H and O–H groups in total. The Morgan fingerprint density at radius 3 is 2.30 bits per heavy atom. The molecule has 0 aromatic heterocycles. The fourth-order valence-corrected chi connectivity index (χ4v) is 5.07. The van der Waals surface area contributed by atoms with Crippen LogP contribution in [0.15, 0.2) is 72.8 Å². The molecule has 0 unspecified atom stereocenters. The van der Waals surface area contributed by atoms with E-state index in [9.17, 15) is 13.2 Å². The van der Waals surface area contributed by atoms with Gasteiger partial charge in [0.25, 0.3) is 0 Å². The Morgan fingerprint density at radius 1 is 0.833 bits per heavy atom. The number of halogens is 3. The highest BCUT2D eigenvalue weighted by atomic mass is 19.4. The van der Waals surface area contributed by atoms with Crippen molar-refractivity contribution in [2.24, 2.45) is 0 Å². The van der Waals surface area contributed by atoms with E-state index in [1.807, 2.05) is 6.07 Å².